The number of nitrogens with zero attached hydrogens (tertiary/aromatic N) is 4. The Morgan fingerprint density at radius 2 is 1.88 bits per heavy atom. The molecule has 0 radical (unpaired) electrons. The van der Waals surface area contributed by atoms with Crippen molar-refractivity contribution >= 4 is 5.91 Å². The molecule has 1 saturated heterocycles. The predicted octanol–water partition coefficient (Wildman–Crippen LogP) is 3.59. The summed E-state index contributed by atoms with van der Waals surface area (Å²) in [4.78, 5) is 17.1. The Morgan fingerprint density at radius 3 is 2.65 bits per heavy atom. The van der Waals surface area contributed by atoms with E-state index in [0.717, 1.165) is 43.8 Å². The largest absolute Gasteiger partial charge is 0.491 e. The lowest BCUT2D eigenvalue weighted by atomic mass is 10.0. The van der Waals surface area contributed by atoms with Crippen molar-refractivity contribution in [3.63, 3.8) is 0 Å². The van der Waals surface area contributed by atoms with Crippen LogP contribution in [0.3, 0.4) is 0 Å². The predicted molar refractivity (Wildman–Crippen MR) is 125 cm³/mol. The highest BCUT2D eigenvalue weighted by molar-refractivity contribution is 5.93. The summed E-state index contributed by atoms with van der Waals surface area (Å²) in [5.41, 5.74) is 4.22. The highest BCUT2D eigenvalue weighted by atomic mass is 16.6. The Hall–Kier alpha value is -3.23. The van der Waals surface area contributed by atoms with E-state index in [1.807, 2.05) is 12.1 Å². The van der Waals surface area contributed by atoms with Crippen LogP contribution in [-0.2, 0) is 24.4 Å². The van der Waals surface area contributed by atoms with Gasteiger partial charge in [0, 0.05) is 31.7 Å². The fourth-order valence-corrected chi connectivity index (χ4v) is 4.58. The number of piperidine rings is 1. The lowest BCUT2D eigenvalue weighted by Crippen LogP contribution is -2.36. The molecule has 1 amide bonds. The minimum atomic E-state index is -0.182. The highest BCUT2D eigenvalue weighted by Crippen LogP contribution is 2.27. The molecule has 0 spiro atoms. The van der Waals surface area contributed by atoms with Gasteiger partial charge in [0.2, 0.25) is 0 Å². The number of aromatic nitrogens is 2. The minimum absolute atomic E-state index is 0.182. The number of benzene rings is 2. The van der Waals surface area contributed by atoms with Gasteiger partial charge in [0.15, 0.2) is 5.69 Å². The van der Waals surface area contributed by atoms with E-state index < -0.39 is 0 Å². The molecule has 3 aromatic rings. The minimum Gasteiger partial charge on any atom is -0.491 e. The van der Waals surface area contributed by atoms with E-state index in [-0.39, 0.29) is 11.6 Å². The van der Waals surface area contributed by atoms with Gasteiger partial charge in [-0.3, -0.25) is 9.69 Å². The molecule has 2 aliphatic rings. The molecule has 5 rings (SSSR count). The van der Waals surface area contributed by atoms with Gasteiger partial charge in [-0.1, -0.05) is 41.6 Å². The molecule has 1 aromatic heterocycles. The van der Waals surface area contributed by atoms with Crippen molar-refractivity contribution in [3.8, 4) is 5.75 Å². The number of carbonyl (C=O) groups excluding carboxylic acids is 1. The maximum Gasteiger partial charge on any atom is 0.278 e. The van der Waals surface area contributed by atoms with Gasteiger partial charge in [0.1, 0.15) is 18.1 Å². The molecule has 1 fully saturated rings. The van der Waals surface area contributed by atoms with Crippen LogP contribution in [0, 0.1) is 6.92 Å². The van der Waals surface area contributed by atoms with Crippen LogP contribution in [0.25, 0.3) is 0 Å². The van der Waals surface area contributed by atoms with E-state index in [1.54, 1.807) is 11.8 Å². The Labute approximate surface area is 199 Å². The van der Waals surface area contributed by atoms with Crippen LogP contribution in [0.2, 0.25) is 0 Å². The third-order valence-electron chi connectivity index (χ3n) is 6.52. The third kappa shape index (κ3) is 5.29. The second-order valence-corrected chi connectivity index (χ2v) is 8.99. The fraction of sp³-hybridized carbons (Fsp3) is 0.423. The zero-order valence-electron chi connectivity index (χ0n) is 19.5. The molecule has 0 saturated carbocycles. The van der Waals surface area contributed by atoms with Crippen LogP contribution in [-0.4, -0.2) is 58.4 Å². The van der Waals surface area contributed by atoms with Crippen LogP contribution in [0.4, 0.5) is 0 Å². The van der Waals surface area contributed by atoms with Crippen molar-refractivity contribution in [1.29, 1.82) is 0 Å². The van der Waals surface area contributed by atoms with Crippen molar-refractivity contribution in [2.24, 2.45) is 0 Å². The van der Waals surface area contributed by atoms with Gasteiger partial charge in [-0.05, 0) is 48.2 Å². The van der Waals surface area contributed by atoms with Crippen LogP contribution in [0.1, 0.15) is 45.7 Å². The van der Waals surface area contributed by atoms with Gasteiger partial charge in [0.05, 0.1) is 19.3 Å². The number of carbonyl (C=O) groups is 1. The quantitative estimate of drug-likeness (QED) is 0.554. The van der Waals surface area contributed by atoms with Crippen molar-refractivity contribution in [1.82, 2.24) is 20.1 Å². The summed E-state index contributed by atoms with van der Waals surface area (Å²) < 4.78 is 16.8. The molecule has 178 valence electrons. The Kier molecular flexibility index (Phi) is 6.87. The summed E-state index contributed by atoms with van der Waals surface area (Å²) in [7, 11) is 0. The van der Waals surface area contributed by atoms with Crippen molar-refractivity contribution in [2.75, 3.05) is 26.2 Å². The molecule has 34 heavy (non-hydrogen) atoms. The number of hydrogen-bond acceptors (Lipinski definition) is 7. The zero-order valence-corrected chi connectivity index (χ0v) is 19.5. The van der Waals surface area contributed by atoms with Crippen LogP contribution >= 0.6 is 0 Å². The van der Waals surface area contributed by atoms with Gasteiger partial charge < -0.3 is 14.4 Å². The average molecular weight is 463 g/mol. The zero-order chi connectivity index (χ0) is 23.3. The second kappa shape index (κ2) is 10.4. The molecule has 0 unspecified atom stereocenters. The number of amides is 1. The van der Waals surface area contributed by atoms with Gasteiger partial charge >= 0.3 is 0 Å². The highest BCUT2D eigenvalue weighted by Gasteiger charge is 2.26. The lowest BCUT2D eigenvalue weighted by Gasteiger charge is -2.32. The van der Waals surface area contributed by atoms with E-state index in [1.165, 1.54) is 11.1 Å². The number of likely N-dealkylation sites (tertiary alicyclic amines) is 1. The number of ether oxygens (including phenoxy) is 2. The first-order valence-electron chi connectivity index (χ1n) is 11.9. The topological polar surface area (TPSA) is 80.9 Å². The molecule has 0 N–H and O–H groups in total. The normalized spacial score (nSPS) is 17.1. The average Bonchev–Trinajstić information content (AvgIpc) is 3.18. The summed E-state index contributed by atoms with van der Waals surface area (Å²) in [5, 5.41) is 7.51. The molecule has 8 heteroatoms. The maximum absolute atomic E-state index is 12.9. The summed E-state index contributed by atoms with van der Waals surface area (Å²) >= 11 is 0. The van der Waals surface area contributed by atoms with E-state index in [2.05, 4.69) is 51.6 Å². The summed E-state index contributed by atoms with van der Waals surface area (Å²) in [6, 6.07) is 16.7. The van der Waals surface area contributed by atoms with E-state index in [0.29, 0.717) is 38.1 Å². The Balaban J connectivity index is 1.17. The molecule has 0 atom stereocenters. The van der Waals surface area contributed by atoms with Crippen LogP contribution in [0.15, 0.2) is 53.2 Å². The van der Waals surface area contributed by atoms with Crippen LogP contribution in [0.5, 0.6) is 5.75 Å². The molecular formula is C26H30N4O4. The van der Waals surface area contributed by atoms with Crippen molar-refractivity contribution in [3.05, 3.63) is 76.6 Å². The first kappa shape index (κ1) is 22.6. The molecule has 8 nitrogen and oxygen atoms in total. The standard InChI is InChI=1S/C26H30N4O4/c1-19-25(28-34-27-19)26(31)30-13-14-32-24-8-7-21(15-22(24)17-30)16-29-11-9-23(10-12-29)33-18-20-5-3-2-4-6-20/h2-8,15,23H,9-14,16-18H2,1H3. The summed E-state index contributed by atoms with van der Waals surface area (Å²) in [5.74, 6) is 0.653. The molecule has 0 aliphatic carbocycles. The molecule has 3 heterocycles. The number of aryl methyl sites for hydroxylation is 1. The van der Waals surface area contributed by atoms with E-state index >= 15 is 0 Å². The monoisotopic (exact) mass is 462 g/mol. The van der Waals surface area contributed by atoms with Crippen LogP contribution < -0.4 is 4.74 Å². The molecular weight excluding hydrogens is 432 g/mol. The Bertz CT molecular complexity index is 1110. The molecule has 2 aliphatic heterocycles. The van der Waals surface area contributed by atoms with Gasteiger partial charge in [-0.2, -0.15) is 0 Å². The number of hydrogen-bond donors (Lipinski definition) is 0. The number of rotatable bonds is 6. The molecule has 2 aromatic carbocycles. The first-order chi connectivity index (χ1) is 16.7. The van der Waals surface area contributed by atoms with Crippen molar-refractivity contribution < 1.29 is 18.9 Å². The van der Waals surface area contributed by atoms with Gasteiger partial charge in [-0.15, -0.1) is 0 Å². The Morgan fingerprint density at radius 1 is 1.06 bits per heavy atom. The van der Waals surface area contributed by atoms with Gasteiger partial charge in [0.25, 0.3) is 5.91 Å². The lowest BCUT2D eigenvalue weighted by molar-refractivity contribution is -0.00394. The first-order valence-corrected chi connectivity index (χ1v) is 11.9. The number of fused-ring (bicyclic) bond motifs is 1. The fourth-order valence-electron chi connectivity index (χ4n) is 4.58. The van der Waals surface area contributed by atoms with Gasteiger partial charge in [-0.25, -0.2) is 4.63 Å². The summed E-state index contributed by atoms with van der Waals surface area (Å²) in [6.07, 6.45) is 2.38. The van der Waals surface area contributed by atoms with E-state index in [9.17, 15) is 4.79 Å². The summed E-state index contributed by atoms with van der Waals surface area (Å²) in [6.45, 7) is 6.70. The SMILES string of the molecule is Cc1nonc1C(=O)N1CCOc2ccc(CN3CCC(OCc4ccccc4)CC3)cc2C1. The smallest absolute Gasteiger partial charge is 0.278 e. The van der Waals surface area contributed by atoms with Crippen molar-refractivity contribution in [2.45, 2.75) is 45.6 Å². The molecule has 0 bridgehead atoms. The third-order valence-corrected chi connectivity index (χ3v) is 6.52. The maximum atomic E-state index is 12.9. The second-order valence-electron chi connectivity index (χ2n) is 8.99. The van der Waals surface area contributed by atoms with E-state index in [4.69, 9.17) is 14.1 Å².